The summed E-state index contributed by atoms with van der Waals surface area (Å²) in [5, 5.41) is 10.6. The summed E-state index contributed by atoms with van der Waals surface area (Å²) >= 11 is 0. The molecule has 0 N–H and O–H groups in total. The number of aromatic nitrogens is 1. The van der Waals surface area contributed by atoms with Gasteiger partial charge in [0.15, 0.2) is 0 Å². The molecule has 0 aliphatic carbocycles. The van der Waals surface area contributed by atoms with E-state index in [1.807, 2.05) is 0 Å². The average molecular weight is 248 g/mol. The Morgan fingerprint density at radius 2 is 2.11 bits per heavy atom. The second-order valence-electron chi connectivity index (χ2n) is 3.61. The van der Waals surface area contributed by atoms with Crippen LogP contribution in [0.25, 0.3) is 0 Å². The number of nitrogens with zero attached hydrogens (tertiary/aromatic N) is 2. The number of nitro benzene ring substituents is 1. The molecule has 6 heteroatoms. The SMILES string of the molecule is Cc1cc(Oc2cccc(F)n2)ccc1[N+](=O)[O-]. The Morgan fingerprint density at radius 3 is 2.72 bits per heavy atom. The van der Waals surface area contributed by atoms with E-state index in [9.17, 15) is 14.5 Å². The van der Waals surface area contributed by atoms with E-state index in [0.717, 1.165) is 0 Å². The van der Waals surface area contributed by atoms with Gasteiger partial charge in [-0.15, -0.1) is 0 Å². The highest BCUT2D eigenvalue weighted by atomic mass is 19.1. The van der Waals surface area contributed by atoms with E-state index < -0.39 is 10.9 Å². The molecule has 1 aromatic heterocycles. The molecule has 2 rings (SSSR count). The summed E-state index contributed by atoms with van der Waals surface area (Å²) in [4.78, 5) is 13.7. The lowest BCUT2D eigenvalue weighted by Crippen LogP contribution is -1.94. The molecule has 0 amide bonds. The highest BCUT2D eigenvalue weighted by Gasteiger charge is 2.11. The second-order valence-corrected chi connectivity index (χ2v) is 3.61. The third-order valence-electron chi connectivity index (χ3n) is 2.28. The molecule has 0 saturated carbocycles. The van der Waals surface area contributed by atoms with E-state index in [0.29, 0.717) is 11.3 Å². The summed E-state index contributed by atoms with van der Waals surface area (Å²) in [6.07, 6.45) is 0. The average Bonchev–Trinajstić information content (AvgIpc) is 2.28. The first-order valence-electron chi connectivity index (χ1n) is 5.12. The van der Waals surface area contributed by atoms with Crippen LogP contribution in [0.3, 0.4) is 0 Å². The van der Waals surface area contributed by atoms with Gasteiger partial charge in [-0.2, -0.15) is 9.37 Å². The minimum atomic E-state index is -0.647. The number of rotatable bonds is 3. The van der Waals surface area contributed by atoms with Crippen LogP contribution in [0.1, 0.15) is 5.56 Å². The zero-order valence-electron chi connectivity index (χ0n) is 9.46. The van der Waals surface area contributed by atoms with Gasteiger partial charge in [0.25, 0.3) is 5.69 Å². The van der Waals surface area contributed by atoms with Crippen molar-refractivity contribution in [2.45, 2.75) is 6.92 Å². The number of benzene rings is 1. The molecule has 5 nitrogen and oxygen atoms in total. The third-order valence-corrected chi connectivity index (χ3v) is 2.28. The highest BCUT2D eigenvalue weighted by Crippen LogP contribution is 2.26. The molecule has 2 aromatic rings. The van der Waals surface area contributed by atoms with Gasteiger partial charge in [-0.3, -0.25) is 10.1 Å². The van der Waals surface area contributed by atoms with Crippen molar-refractivity contribution in [1.82, 2.24) is 4.98 Å². The van der Waals surface area contributed by atoms with Gasteiger partial charge < -0.3 is 4.74 Å². The Hall–Kier alpha value is -2.50. The quantitative estimate of drug-likeness (QED) is 0.475. The Balaban J connectivity index is 2.25. The van der Waals surface area contributed by atoms with Crippen LogP contribution in [-0.2, 0) is 0 Å². The number of aryl methyl sites for hydroxylation is 1. The molecular weight excluding hydrogens is 239 g/mol. The summed E-state index contributed by atoms with van der Waals surface area (Å²) in [5.41, 5.74) is 0.475. The van der Waals surface area contributed by atoms with Crippen LogP contribution < -0.4 is 4.74 Å². The van der Waals surface area contributed by atoms with Gasteiger partial charge in [0.05, 0.1) is 4.92 Å². The topological polar surface area (TPSA) is 65.3 Å². The second kappa shape index (κ2) is 4.79. The standard InChI is InChI=1S/C12H9FN2O3/c1-8-7-9(5-6-10(8)15(16)17)18-12-4-2-3-11(13)14-12/h2-7H,1H3. The monoisotopic (exact) mass is 248 g/mol. The zero-order chi connectivity index (χ0) is 13.1. The Morgan fingerprint density at radius 1 is 1.33 bits per heavy atom. The lowest BCUT2D eigenvalue weighted by Gasteiger charge is -2.05. The van der Waals surface area contributed by atoms with Crippen LogP contribution in [0.15, 0.2) is 36.4 Å². The molecule has 1 heterocycles. The first-order chi connectivity index (χ1) is 8.56. The Labute approximate surface area is 102 Å². The molecule has 0 saturated heterocycles. The first-order valence-corrected chi connectivity index (χ1v) is 5.12. The minimum Gasteiger partial charge on any atom is -0.439 e. The third kappa shape index (κ3) is 2.60. The largest absolute Gasteiger partial charge is 0.439 e. The fraction of sp³-hybridized carbons (Fsp3) is 0.0833. The molecule has 0 unspecified atom stereocenters. The maximum atomic E-state index is 12.8. The van der Waals surface area contributed by atoms with Crippen molar-refractivity contribution in [2.75, 3.05) is 0 Å². The maximum Gasteiger partial charge on any atom is 0.272 e. The molecule has 0 bridgehead atoms. The Kier molecular flexibility index (Phi) is 3.18. The number of hydrogen-bond donors (Lipinski definition) is 0. The molecule has 92 valence electrons. The number of ether oxygens (including phenoxy) is 1. The fourth-order valence-corrected chi connectivity index (χ4v) is 1.46. The summed E-state index contributed by atoms with van der Waals surface area (Å²) < 4.78 is 18.1. The van der Waals surface area contributed by atoms with Gasteiger partial charge in [-0.05, 0) is 25.1 Å². The van der Waals surface area contributed by atoms with Crippen molar-refractivity contribution in [3.05, 3.63) is 58.0 Å². The van der Waals surface area contributed by atoms with Crippen molar-refractivity contribution in [3.8, 4) is 11.6 Å². The van der Waals surface area contributed by atoms with E-state index in [-0.39, 0.29) is 11.6 Å². The summed E-state index contributed by atoms with van der Waals surface area (Å²) in [5.74, 6) is -0.175. The van der Waals surface area contributed by atoms with E-state index >= 15 is 0 Å². The van der Waals surface area contributed by atoms with Crippen molar-refractivity contribution >= 4 is 5.69 Å². The van der Waals surface area contributed by atoms with Gasteiger partial charge in [0.2, 0.25) is 11.8 Å². The molecule has 0 atom stereocenters. The van der Waals surface area contributed by atoms with Crippen molar-refractivity contribution in [1.29, 1.82) is 0 Å². The van der Waals surface area contributed by atoms with Crippen LogP contribution in [-0.4, -0.2) is 9.91 Å². The van der Waals surface area contributed by atoms with Gasteiger partial charge in [-0.25, -0.2) is 0 Å². The smallest absolute Gasteiger partial charge is 0.272 e. The highest BCUT2D eigenvalue weighted by molar-refractivity contribution is 5.45. The predicted molar refractivity (Wildman–Crippen MR) is 62.1 cm³/mol. The van der Waals surface area contributed by atoms with Gasteiger partial charge in [-0.1, -0.05) is 6.07 Å². The summed E-state index contributed by atoms with van der Waals surface area (Å²) in [6, 6.07) is 8.45. The molecule has 0 radical (unpaired) electrons. The maximum absolute atomic E-state index is 12.8. The van der Waals surface area contributed by atoms with E-state index in [1.54, 1.807) is 6.92 Å². The molecule has 0 spiro atoms. The van der Waals surface area contributed by atoms with Gasteiger partial charge in [0.1, 0.15) is 5.75 Å². The molecule has 1 aromatic carbocycles. The van der Waals surface area contributed by atoms with Crippen molar-refractivity contribution < 1.29 is 14.1 Å². The molecule has 0 fully saturated rings. The fourth-order valence-electron chi connectivity index (χ4n) is 1.46. The van der Waals surface area contributed by atoms with Crippen LogP contribution in [0.4, 0.5) is 10.1 Å². The number of halogens is 1. The first kappa shape index (κ1) is 12.0. The summed E-state index contributed by atoms with van der Waals surface area (Å²) in [7, 11) is 0. The van der Waals surface area contributed by atoms with Crippen molar-refractivity contribution in [2.24, 2.45) is 0 Å². The number of nitro groups is 1. The minimum absolute atomic E-state index is 0.00884. The van der Waals surface area contributed by atoms with E-state index in [4.69, 9.17) is 4.74 Å². The normalized spacial score (nSPS) is 10.1. The van der Waals surface area contributed by atoms with Gasteiger partial charge >= 0.3 is 0 Å². The molecule has 18 heavy (non-hydrogen) atoms. The van der Waals surface area contributed by atoms with Crippen LogP contribution >= 0.6 is 0 Å². The van der Waals surface area contributed by atoms with Crippen LogP contribution in [0, 0.1) is 23.0 Å². The van der Waals surface area contributed by atoms with E-state index in [1.165, 1.54) is 36.4 Å². The zero-order valence-corrected chi connectivity index (χ0v) is 9.46. The van der Waals surface area contributed by atoms with Gasteiger partial charge in [0, 0.05) is 17.7 Å². The van der Waals surface area contributed by atoms with Crippen molar-refractivity contribution in [3.63, 3.8) is 0 Å². The number of pyridine rings is 1. The van der Waals surface area contributed by atoms with Crippen LogP contribution in [0.5, 0.6) is 11.6 Å². The molecule has 0 aliphatic rings. The number of hydrogen-bond acceptors (Lipinski definition) is 4. The lowest BCUT2D eigenvalue weighted by molar-refractivity contribution is -0.385. The summed E-state index contributed by atoms with van der Waals surface area (Å²) in [6.45, 7) is 1.60. The van der Waals surface area contributed by atoms with E-state index in [2.05, 4.69) is 4.98 Å². The van der Waals surface area contributed by atoms with Crippen LogP contribution in [0.2, 0.25) is 0 Å². The molecular formula is C12H9FN2O3. The predicted octanol–water partition coefficient (Wildman–Crippen LogP) is 3.23. The Bertz CT molecular complexity index is 602. The molecule has 0 aliphatic heterocycles. The lowest BCUT2D eigenvalue weighted by atomic mass is 10.2.